The molecule has 0 aliphatic rings. The van der Waals surface area contributed by atoms with Crippen LogP contribution in [0.15, 0.2) is 71.6 Å². The highest BCUT2D eigenvalue weighted by molar-refractivity contribution is 7.89. The van der Waals surface area contributed by atoms with Crippen molar-refractivity contribution in [2.45, 2.75) is 32.1 Å². The van der Waals surface area contributed by atoms with Gasteiger partial charge in [-0.3, -0.25) is 4.79 Å². The van der Waals surface area contributed by atoms with Gasteiger partial charge in [-0.1, -0.05) is 48.0 Å². The maximum atomic E-state index is 13.8. The number of ether oxygens (including phenoxy) is 1. The van der Waals surface area contributed by atoms with Crippen LogP contribution in [0.5, 0.6) is 5.75 Å². The van der Waals surface area contributed by atoms with Crippen molar-refractivity contribution in [1.82, 2.24) is 4.31 Å². The number of hydrogen-bond acceptors (Lipinski definition) is 4. The van der Waals surface area contributed by atoms with E-state index in [1.54, 1.807) is 52.3 Å². The summed E-state index contributed by atoms with van der Waals surface area (Å²) in [5, 5.41) is 0. The molecule has 34 heavy (non-hydrogen) atoms. The van der Waals surface area contributed by atoms with Crippen LogP contribution in [0.25, 0.3) is 0 Å². The van der Waals surface area contributed by atoms with E-state index in [1.165, 1.54) is 9.21 Å². The number of rotatable bonds is 9. The molecule has 3 rings (SSSR count). The number of nitrogens with zero attached hydrogens (tertiary/aromatic N) is 2. The van der Waals surface area contributed by atoms with Crippen LogP contribution in [0.4, 0.5) is 5.69 Å². The number of likely N-dealkylation sites (N-methyl/N-ethyl adjacent to an activating group) is 1. The highest BCUT2D eigenvalue weighted by atomic mass is 32.2. The molecule has 0 aliphatic heterocycles. The van der Waals surface area contributed by atoms with Crippen LogP contribution in [0, 0.1) is 20.8 Å². The predicted molar refractivity (Wildman–Crippen MR) is 136 cm³/mol. The monoisotopic (exact) mass is 480 g/mol. The molecule has 0 atom stereocenters. The third-order valence-corrected chi connectivity index (χ3v) is 7.99. The van der Waals surface area contributed by atoms with E-state index in [4.69, 9.17) is 4.74 Å². The molecule has 0 heterocycles. The van der Waals surface area contributed by atoms with E-state index in [0.717, 1.165) is 11.1 Å². The summed E-state index contributed by atoms with van der Waals surface area (Å²) in [6.07, 6.45) is 0.504. The Morgan fingerprint density at radius 2 is 1.50 bits per heavy atom. The Kier molecular flexibility index (Phi) is 8.12. The molecule has 0 unspecified atom stereocenters. The van der Waals surface area contributed by atoms with Gasteiger partial charge in [0.25, 0.3) is 0 Å². The average molecular weight is 481 g/mol. The van der Waals surface area contributed by atoms with Gasteiger partial charge in [0.05, 0.1) is 18.6 Å². The molecular formula is C27H32N2O4S. The van der Waals surface area contributed by atoms with Gasteiger partial charge in [-0.25, -0.2) is 8.42 Å². The van der Waals surface area contributed by atoms with Crippen molar-refractivity contribution >= 4 is 21.6 Å². The van der Waals surface area contributed by atoms with Crippen LogP contribution in [0.1, 0.15) is 22.3 Å². The maximum absolute atomic E-state index is 13.8. The Hall–Kier alpha value is -3.16. The van der Waals surface area contributed by atoms with Crippen molar-refractivity contribution < 1.29 is 17.9 Å². The maximum Gasteiger partial charge on any atom is 0.244 e. The molecule has 0 spiro atoms. The minimum Gasteiger partial charge on any atom is -0.497 e. The minimum atomic E-state index is -3.90. The van der Waals surface area contributed by atoms with Gasteiger partial charge >= 0.3 is 0 Å². The van der Waals surface area contributed by atoms with Gasteiger partial charge in [0.15, 0.2) is 0 Å². The molecule has 0 fully saturated rings. The molecular weight excluding hydrogens is 448 g/mol. The summed E-state index contributed by atoms with van der Waals surface area (Å²) in [6, 6.07) is 20.5. The first-order chi connectivity index (χ1) is 16.1. The lowest BCUT2D eigenvalue weighted by atomic mass is 10.1. The smallest absolute Gasteiger partial charge is 0.244 e. The molecule has 1 amide bonds. The van der Waals surface area contributed by atoms with Gasteiger partial charge < -0.3 is 9.64 Å². The molecule has 3 aromatic carbocycles. The number of carbonyl (C=O) groups excluding carboxylic acids is 1. The molecule has 0 saturated carbocycles. The quantitative estimate of drug-likeness (QED) is 0.452. The second-order valence-corrected chi connectivity index (χ2v) is 10.3. The lowest BCUT2D eigenvalue weighted by Crippen LogP contribution is -2.42. The van der Waals surface area contributed by atoms with E-state index >= 15 is 0 Å². The van der Waals surface area contributed by atoms with Crippen molar-refractivity contribution in [1.29, 1.82) is 0 Å². The number of hydrogen-bond donors (Lipinski definition) is 0. The highest BCUT2D eigenvalue weighted by Crippen LogP contribution is 2.26. The average Bonchev–Trinajstić information content (AvgIpc) is 2.80. The van der Waals surface area contributed by atoms with Gasteiger partial charge in [-0.15, -0.1) is 0 Å². The summed E-state index contributed by atoms with van der Waals surface area (Å²) in [7, 11) is -0.680. The second kappa shape index (κ2) is 10.8. The zero-order valence-electron chi connectivity index (χ0n) is 20.4. The number of amides is 1. The van der Waals surface area contributed by atoms with E-state index in [0.29, 0.717) is 29.0 Å². The number of methoxy groups -OCH3 is 1. The fourth-order valence-corrected chi connectivity index (χ4v) is 5.89. The standard InChI is InChI=1S/C27H32N2O4S/c1-20-17-21(2)27(22(3)18-20)34(31,32)29(16-15-23-9-7-6-8-10-23)19-26(30)28(4)24-11-13-25(33-5)14-12-24/h6-14,17-18H,15-16,19H2,1-5H3. The Morgan fingerprint density at radius 1 is 0.912 bits per heavy atom. The normalized spacial score (nSPS) is 11.5. The van der Waals surface area contributed by atoms with Gasteiger partial charge in [0.2, 0.25) is 15.9 Å². The largest absolute Gasteiger partial charge is 0.497 e. The van der Waals surface area contributed by atoms with E-state index in [1.807, 2.05) is 49.4 Å². The lowest BCUT2D eigenvalue weighted by Gasteiger charge is -2.26. The summed E-state index contributed by atoms with van der Waals surface area (Å²) in [5.41, 5.74) is 4.03. The zero-order valence-corrected chi connectivity index (χ0v) is 21.2. The lowest BCUT2D eigenvalue weighted by molar-refractivity contribution is -0.118. The van der Waals surface area contributed by atoms with Crippen molar-refractivity contribution in [2.24, 2.45) is 0 Å². The van der Waals surface area contributed by atoms with Crippen LogP contribution in [0.2, 0.25) is 0 Å². The van der Waals surface area contributed by atoms with Crippen LogP contribution in [0.3, 0.4) is 0 Å². The first-order valence-electron chi connectivity index (χ1n) is 11.2. The highest BCUT2D eigenvalue weighted by Gasteiger charge is 2.30. The van der Waals surface area contributed by atoms with Gasteiger partial charge in [0, 0.05) is 19.3 Å². The first kappa shape index (κ1) is 25.5. The minimum absolute atomic E-state index is 0.196. The molecule has 0 saturated heterocycles. The summed E-state index contributed by atoms with van der Waals surface area (Å²) in [5.74, 6) is 0.367. The van der Waals surface area contributed by atoms with Gasteiger partial charge in [-0.2, -0.15) is 4.31 Å². The molecule has 180 valence electrons. The van der Waals surface area contributed by atoms with Crippen molar-refractivity contribution in [3.05, 3.63) is 89.0 Å². The van der Waals surface area contributed by atoms with E-state index in [-0.39, 0.29) is 23.9 Å². The van der Waals surface area contributed by atoms with Gasteiger partial charge in [0.1, 0.15) is 5.75 Å². The zero-order chi connectivity index (χ0) is 24.9. The summed E-state index contributed by atoms with van der Waals surface area (Å²) in [4.78, 5) is 15.0. The van der Waals surface area contributed by atoms with Gasteiger partial charge in [-0.05, 0) is 68.1 Å². The number of benzene rings is 3. The van der Waals surface area contributed by atoms with Crippen molar-refractivity contribution in [2.75, 3.05) is 32.1 Å². The Balaban J connectivity index is 1.92. The third-order valence-electron chi connectivity index (χ3n) is 5.84. The van der Waals surface area contributed by atoms with E-state index in [9.17, 15) is 13.2 Å². The van der Waals surface area contributed by atoms with Crippen LogP contribution < -0.4 is 9.64 Å². The topological polar surface area (TPSA) is 66.9 Å². The summed E-state index contributed by atoms with van der Waals surface area (Å²) in [6.45, 7) is 5.48. The third kappa shape index (κ3) is 5.85. The molecule has 0 aliphatic carbocycles. The molecule has 0 aromatic heterocycles. The van der Waals surface area contributed by atoms with E-state index < -0.39 is 10.0 Å². The van der Waals surface area contributed by atoms with Crippen molar-refractivity contribution in [3.8, 4) is 5.75 Å². The fourth-order valence-electron chi connectivity index (χ4n) is 4.09. The molecule has 7 heteroatoms. The first-order valence-corrected chi connectivity index (χ1v) is 12.6. The van der Waals surface area contributed by atoms with E-state index in [2.05, 4.69) is 0 Å². The Morgan fingerprint density at radius 3 is 2.06 bits per heavy atom. The molecule has 6 nitrogen and oxygen atoms in total. The molecule has 3 aromatic rings. The summed E-state index contributed by atoms with van der Waals surface area (Å²) >= 11 is 0. The number of sulfonamides is 1. The van der Waals surface area contributed by atoms with Crippen LogP contribution in [-0.2, 0) is 21.2 Å². The SMILES string of the molecule is COc1ccc(N(C)C(=O)CN(CCc2ccccc2)S(=O)(=O)c2c(C)cc(C)cc2C)cc1. The van der Waals surface area contributed by atoms with Crippen LogP contribution in [-0.4, -0.2) is 45.9 Å². The predicted octanol–water partition coefficient (Wildman–Crippen LogP) is 4.52. The Labute approximate surface area is 202 Å². The number of carbonyl (C=O) groups is 1. The fraction of sp³-hybridized carbons (Fsp3) is 0.296. The molecule has 0 N–H and O–H groups in total. The summed E-state index contributed by atoms with van der Waals surface area (Å²) < 4.78 is 34.1. The van der Waals surface area contributed by atoms with Crippen molar-refractivity contribution in [3.63, 3.8) is 0 Å². The molecule has 0 radical (unpaired) electrons. The number of aryl methyl sites for hydroxylation is 3. The number of anilines is 1. The Bertz CT molecular complexity index is 1220. The molecule has 0 bridgehead atoms. The van der Waals surface area contributed by atoms with Crippen LogP contribution >= 0.6 is 0 Å². The second-order valence-electron chi connectivity index (χ2n) is 8.45.